The molecule has 0 aliphatic carbocycles. The molecule has 0 bridgehead atoms. The van der Waals surface area contributed by atoms with Crippen molar-refractivity contribution < 1.29 is 23.1 Å². The highest BCUT2D eigenvalue weighted by Crippen LogP contribution is 2.31. The quantitative estimate of drug-likeness (QED) is 0.676. The van der Waals surface area contributed by atoms with Gasteiger partial charge in [0.1, 0.15) is 5.75 Å². The van der Waals surface area contributed by atoms with E-state index in [2.05, 4.69) is 5.10 Å². The molecule has 1 amide bonds. The van der Waals surface area contributed by atoms with Crippen LogP contribution in [0, 0.1) is 0 Å². The second kappa shape index (κ2) is 6.30. The first-order chi connectivity index (χ1) is 10.4. The summed E-state index contributed by atoms with van der Waals surface area (Å²) in [6.07, 6.45) is -3.36. The Bertz CT molecular complexity index is 695. The molecule has 0 saturated heterocycles. The van der Waals surface area contributed by atoms with E-state index >= 15 is 0 Å². The van der Waals surface area contributed by atoms with Crippen LogP contribution in [0.25, 0.3) is 0 Å². The van der Waals surface area contributed by atoms with Gasteiger partial charge in [-0.15, -0.1) is 0 Å². The van der Waals surface area contributed by atoms with E-state index in [1.54, 1.807) is 0 Å². The van der Waals surface area contributed by atoms with E-state index in [0.29, 0.717) is 5.56 Å². The normalized spacial score (nSPS) is 11.6. The Morgan fingerprint density at radius 3 is 2.36 bits per heavy atom. The van der Waals surface area contributed by atoms with Crippen molar-refractivity contribution in [1.29, 1.82) is 0 Å². The van der Waals surface area contributed by atoms with Crippen molar-refractivity contribution >= 4 is 12.1 Å². The van der Waals surface area contributed by atoms with E-state index in [4.69, 9.17) is 5.11 Å². The number of phenols is 1. The Morgan fingerprint density at radius 1 is 1.09 bits per heavy atom. The first-order valence-corrected chi connectivity index (χ1v) is 6.16. The standard InChI is InChI=1S/C15H11F3N2O2/c16-15(17,18)13-4-2-1-3-12(13)14(22)20-19-9-10-5-7-11(21)8-6-10/h1-9,21H,(H,20,22)/b19-9+. The number of aromatic hydroxyl groups is 1. The number of nitrogens with one attached hydrogen (secondary N) is 1. The van der Waals surface area contributed by atoms with Crippen molar-refractivity contribution in [2.24, 2.45) is 5.10 Å². The summed E-state index contributed by atoms with van der Waals surface area (Å²) in [6.45, 7) is 0. The predicted octanol–water partition coefficient (Wildman–Crippen LogP) is 3.17. The summed E-state index contributed by atoms with van der Waals surface area (Å²) in [6, 6.07) is 10.4. The maximum absolute atomic E-state index is 12.8. The van der Waals surface area contributed by atoms with Crippen LogP contribution < -0.4 is 5.43 Å². The molecule has 114 valence electrons. The van der Waals surface area contributed by atoms with Crippen molar-refractivity contribution in [3.8, 4) is 5.75 Å². The Labute approximate surface area is 123 Å². The molecule has 2 aromatic rings. The highest BCUT2D eigenvalue weighted by atomic mass is 19.4. The van der Waals surface area contributed by atoms with Crippen LogP contribution in [-0.2, 0) is 6.18 Å². The van der Waals surface area contributed by atoms with Gasteiger partial charge in [0.25, 0.3) is 5.91 Å². The molecule has 0 aliphatic heterocycles. The van der Waals surface area contributed by atoms with E-state index in [1.165, 1.54) is 42.6 Å². The molecule has 4 nitrogen and oxygen atoms in total. The number of nitrogens with zero attached hydrogens (tertiary/aromatic N) is 1. The molecule has 0 fully saturated rings. The van der Waals surface area contributed by atoms with E-state index in [1.807, 2.05) is 5.43 Å². The maximum Gasteiger partial charge on any atom is 0.417 e. The number of benzene rings is 2. The minimum Gasteiger partial charge on any atom is -0.508 e. The van der Waals surface area contributed by atoms with Crippen LogP contribution in [0.15, 0.2) is 53.6 Å². The lowest BCUT2D eigenvalue weighted by Gasteiger charge is -2.10. The molecule has 0 aromatic heterocycles. The summed E-state index contributed by atoms with van der Waals surface area (Å²) in [5.74, 6) is -0.886. The third-order valence-electron chi connectivity index (χ3n) is 2.75. The fraction of sp³-hybridized carbons (Fsp3) is 0.0667. The van der Waals surface area contributed by atoms with Gasteiger partial charge in [0.05, 0.1) is 17.3 Å². The number of halogens is 3. The SMILES string of the molecule is O=C(N/N=C/c1ccc(O)cc1)c1ccccc1C(F)(F)F. The average molecular weight is 308 g/mol. The third kappa shape index (κ3) is 3.85. The van der Waals surface area contributed by atoms with Crippen molar-refractivity contribution in [2.45, 2.75) is 6.18 Å². The van der Waals surface area contributed by atoms with E-state index < -0.39 is 23.2 Å². The molecule has 0 heterocycles. The Balaban J connectivity index is 2.12. The van der Waals surface area contributed by atoms with Crippen molar-refractivity contribution in [3.05, 3.63) is 65.2 Å². The van der Waals surface area contributed by atoms with Crippen molar-refractivity contribution in [2.75, 3.05) is 0 Å². The molecule has 7 heteroatoms. The van der Waals surface area contributed by atoms with Crippen LogP contribution in [0.1, 0.15) is 21.5 Å². The minimum atomic E-state index is -4.62. The molecule has 2 rings (SSSR count). The Hall–Kier alpha value is -2.83. The lowest BCUT2D eigenvalue weighted by atomic mass is 10.1. The Morgan fingerprint density at radius 2 is 1.73 bits per heavy atom. The second-order valence-electron chi connectivity index (χ2n) is 4.33. The Kier molecular flexibility index (Phi) is 4.45. The van der Waals surface area contributed by atoms with Gasteiger partial charge in [0.2, 0.25) is 0 Å². The molecule has 0 aliphatic rings. The minimum absolute atomic E-state index is 0.0697. The number of hydrazone groups is 1. The monoisotopic (exact) mass is 308 g/mol. The van der Waals surface area contributed by atoms with Crippen LogP contribution in [0.3, 0.4) is 0 Å². The van der Waals surface area contributed by atoms with Gasteiger partial charge in [-0.2, -0.15) is 18.3 Å². The van der Waals surface area contributed by atoms with Gasteiger partial charge in [-0.3, -0.25) is 4.79 Å². The zero-order chi connectivity index (χ0) is 16.2. The van der Waals surface area contributed by atoms with Gasteiger partial charge in [-0.25, -0.2) is 5.43 Å². The number of alkyl halides is 3. The topological polar surface area (TPSA) is 61.7 Å². The van der Waals surface area contributed by atoms with E-state index in [9.17, 15) is 18.0 Å². The number of carbonyl (C=O) groups is 1. The number of phenolic OH excluding ortho intramolecular Hbond substituents is 1. The smallest absolute Gasteiger partial charge is 0.417 e. The fourth-order valence-electron chi connectivity index (χ4n) is 1.71. The summed E-state index contributed by atoms with van der Waals surface area (Å²) >= 11 is 0. The summed E-state index contributed by atoms with van der Waals surface area (Å²) in [5.41, 5.74) is 1.09. The first kappa shape index (κ1) is 15.6. The number of hydrogen-bond donors (Lipinski definition) is 2. The summed E-state index contributed by atoms with van der Waals surface area (Å²) in [5, 5.41) is 12.7. The van der Waals surface area contributed by atoms with Crippen LogP contribution >= 0.6 is 0 Å². The van der Waals surface area contributed by atoms with E-state index in [0.717, 1.165) is 12.1 Å². The number of amides is 1. The predicted molar refractivity (Wildman–Crippen MR) is 74.6 cm³/mol. The molecule has 22 heavy (non-hydrogen) atoms. The van der Waals surface area contributed by atoms with Crippen LogP contribution in [0.2, 0.25) is 0 Å². The largest absolute Gasteiger partial charge is 0.508 e. The van der Waals surface area contributed by atoms with Gasteiger partial charge >= 0.3 is 6.18 Å². The first-order valence-electron chi connectivity index (χ1n) is 6.16. The van der Waals surface area contributed by atoms with Crippen molar-refractivity contribution in [1.82, 2.24) is 5.43 Å². The highest BCUT2D eigenvalue weighted by Gasteiger charge is 2.34. The number of carbonyl (C=O) groups excluding carboxylic acids is 1. The molecule has 0 radical (unpaired) electrons. The molecule has 0 unspecified atom stereocenters. The maximum atomic E-state index is 12.8. The summed E-state index contributed by atoms with van der Waals surface area (Å²) in [7, 11) is 0. The van der Waals surface area contributed by atoms with E-state index in [-0.39, 0.29) is 5.75 Å². The van der Waals surface area contributed by atoms with Crippen LogP contribution in [-0.4, -0.2) is 17.2 Å². The molecule has 2 aromatic carbocycles. The molecule has 0 saturated carbocycles. The van der Waals surface area contributed by atoms with Crippen LogP contribution in [0.4, 0.5) is 13.2 Å². The zero-order valence-electron chi connectivity index (χ0n) is 11.1. The van der Waals surface area contributed by atoms with Crippen molar-refractivity contribution in [3.63, 3.8) is 0 Å². The van der Waals surface area contributed by atoms with Gasteiger partial charge in [0.15, 0.2) is 0 Å². The third-order valence-corrected chi connectivity index (χ3v) is 2.75. The average Bonchev–Trinajstić information content (AvgIpc) is 2.48. The zero-order valence-corrected chi connectivity index (χ0v) is 11.1. The summed E-state index contributed by atoms with van der Waals surface area (Å²) < 4.78 is 38.4. The molecule has 2 N–H and O–H groups in total. The van der Waals surface area contributed by atoms with Gasteiger partial charge in [-0.05, 0) is 42.0 Å². The fourth-order valence-corrected chi connectivity index (χ4v) is 1.71. The molecular weight excluding hydrogens is 297 g/mol. The van der Waals surface area contributed by atoms with Gasteiger partial charge < -0.3 is 5.11 Å². The van der Waals surface area contributed by atoms with Gasteiger partial charge in [0, 0.05) is 0 Å². The highest BCUT2D eigenvalue weighted by molar-refractivity contribution is 5.96. The molecule has 0 atom stereocenters. The molecular formula is C15H11F3N2O2. The summed E-state index contributed by atoms with van der Waals surface area (Å²) in [4.78, 5) is 11.8. The van der Waals surface area contributed by atoms with Gasteiger partial charge in [-0.1, -0.05) is 12.1 Å². The van der Waals surface area contributed by atoms with Crippen LogP contribution in [0.5, 0.6) is 5.75 Å². The molecule has 0 spiro atoms. The lowest BCUT2D eigenvalue weighted by molar-refractivity contribution is -0.137. The number of rotatable bonds is 3. The number of hydrogen-bond acceptors (Lipinski definition) is 3. The second-order valence-corrected chi connectivity index (χ2v) is 4.33. The lowest BCUT2D eigenvalue weighted by Crippen LogP contribution is -2.22.